The molecule has 0 saturated heterocycles. The number of ether oxygens (including phenoxy) is 1. The van der Waals surface area contributed by atoms with E-state index in [1.807, 2.05) is 31.2 Å². The van der Waals surface area contributed by atoms with E-state index in [1.54, 1.807) is 31.5 Å². The van der Waals surface area contributed by atoms with Crippen molar-refractivity contribution in [3.8, 4) is 22.8 Å². The first-order chi connectivity index (χ1) is 17.0. The molecule has 4 aromatic rings. The summed E-state index contributed by atoms with van der Waals surface area (Å²) in [6, 6.07) is 14.3. The van der Waals surface area contributed by atoms with Gasteiger partial charge in [-0.3, -0.25) is 14.4 Å². The zero-order valence-electron chi connectivity index (χ0n) is 19.4. The normalized spacial score (nSPS) is 11.7. The molecule has 0 aliphatic carbocycles. The van der Waals surface area contributed by atoms with Gasteiger partial charge < -0.3 is 10.1 Å². The minimum atomic E-state index is -0.863. The van der Waals surface area contributed by atoms with E-state index in [-0.39, 0.29) is 18.6 Å². The van der Waals surface area contributed by atoms with Gasteiger partial charge in [-0.15, -0.1) is 5.10 Å². The van der Waals surface area contributed by atoms with Gasteiger partial charge in [0.05, 0.1) is 18.8 Å². The fourth-order valence-electron chi connectivity index (χ4n) is 3.41. The van der Waals surface area contributed by atoms with Gasteiger partial charge >= 0.3 is 0 Å². The third kappa shape index (κ3) is 5.52. The van der Waals surface area contributed by atoms with Crippen LogP contribution >= 0.6 is 0 Å². The summed E-state index contributed by atoms with van der Waals surface area (Å²) in [4.78, 5) is 37.2. The van der Waals surface area contributed by atoms with Crippen molar-refractivity contribution in [2.75, 3.05) is 13.2 Å². The molecule has 180 valence electrons. The summed E-state index contributed by atoms with van der Waals surface area (Å²) in [6.45, 7) is 4.38. The van der Waals surface area contributed by atoms with Crippen molar-refractivity contribution < 1.29 is 9.53 Å². The van der Waals surface area contributed by atoms with Crippen LogP contribution in [0.4, 0.5) is 0 Å². The van der Waals surface area contributed by atoms with Gasteiger partial charge in [0, 0.05) is 36.6 Å². The van der Waals surface area contributed by atoms with E-state index in [1.165, 1.54) is 27.6 Å². The van der Waals surface area contributed by atoms with E-state index in [4.69, 9.17) is 4.74 Å². The van der Waals surface area contributed by atoms with E-state index in [2.05, 4.69) is 20.6 Å². The highest BCUT2D eigenvalue weighted by Gasteiger charge is 2.18. The fourth-order valence-corrected chi connectivity index (χ4v) is 3.41. The maximum Gasteiger partial charge on any atom is 0.267 e. The number of aromatic nitrogens is 6. The predicted octanol–water partition coefficient (Wildman–Crippen LogP) is 1.43. The lowest BCUT2D eigenvalue weighted by Gasteiger charge is -2.15. The number of hydrogen-bond donors (Lipinski definition) is 1. The molecule has 3 aromatic heterocycles. The Morgan fingerprint density at radius 3 is 2.51 bits per heavy atom. The summed E-state index contributed by atoms with van der Waals surface area (Å²) in [5.74, 6) is 0.759. The average molecular weight is 476 g/mol. The SMILES string of the molecule is CCOc1ccc(-c2ccc(=O)n(CCNC(=O)C(C)n3nc(-n4cccn4)ccc3=O)n2)cc1. The van der Waals surface area contributed by atoms with Gasteiger partial charge in [-0.05, 0) is 56.3 Å². The molecule has 0 radical (unpaired) electrons. The molecule has 1 unspecified atom stereocenters. The zero-order chi connectivity index (χ0) is 24.8. The standard InChI is InChI=1S/C24H25N7O4/c1-3-35-19-7-5-18(6-8-19)20-9-11-22(32)30(27-20)16-14-25-24(34)17(2)31-23(33)12-10-21(28-31)29-15-4-13-26-29/h4-13,15,17H,3,14,16H2,1-2H3,(H,25,34). The molecule has 1 atom stereocenters. The van der Waals surface area contributed by atoms with Gasteiger partial charge in [0.1, 0.15) is 11.8 Å². The van der Waals surface area contributed by atoms with E-state index in [9.17, 15) is 14.4 Å². The van der Waals surface area contributed by atoms with Gasteiger partial charge in [-0.2, -0.15) is 10.2 Å². The summed E-state index contributed by atoms with van der Waals surface area (Å²) in [5.41, 5.74) is 0.761. The van der Waals surface area contributed by atoms with E-state index in [0.717, 1.165) is 16.0 Å². The van der Waals surface area contributed by atoms with Crippen LogP contribution in [-0.4, -0.2) is 48.4 Å². The van der Waals surface area contributed by atoms with Crippen LogP contribution in [0.15, 0.2) is 76.6 Å². The second-order valence-electron chi connectivity index (χ2n) is 7.63. The first-order valence-corrected chi connectivity index (χ1v) is 11.2. The van der Waals surface area contributed by atoms with Crippen LogP contribution in [0.1, 0.15) is 19.9 Å². The van der Waals surface area contributed by atoms with Crippen molar-refractivity contribution in [2.45, 2.75) is 26.4 Å². The molecule has 1 aromatic carbocycles. The highest BCUT2D eigenvalue weighted by molar-refractivity contribution is 5.79. The lowest BCUT2D eigenvalue weighted by molar-refractivity contribution is -0.124. The molecule has 0 bridgehead atoms. The summed E-state index contributed by atoms with van der Waals surface area (Å²) in [5, 5.41) is 15.5. The monoisotopic (exact) mass is 475 g/mol. The van der Waals surface area contributed by atoms with Crippen LogP contribution in [0.2, 0.25) is 0 Å². The van der Waals surface area contributed by atoms with Crippen LogP contribution < -0.4 is 21.2 Å². The van der Waals surface area contributed by atoms with Crippen LogP contribution in [0, 0.1) is 0 Å². The molecule has 3 heterocycles. The third-order valence-electron chi connectivity index (χ3n) is 5.25. The largest absolute Gasteiger partial charge is 0.494 e. The van der Waals surface area contributed by atoms with Gasteiger partial charge in [0.25, 0.3) is 11.1 Å². The number of amides is 1. The molecule has 0 aliphatic rings. The van der Waals surface area contributed by atoms with Gasteiger partial charge in [0.15, 0.2) is 5.82 Å². The fraction of sp³-hybridized carbons (Fsp3) is 0.250. The minimum Gasteiger partial charge on any atom is -0.494 e. The summed E-state index contributed by atoms with van der Waals surface area (Å²) >= 11 is 0. The Kier molecular flexibility index (Phi) is 7.15. The predicted molar refractivity (Wildman–Crippen MR) is 128 cm³/mol. The summed E-state index contributed by atoms with van der Waals surface area (Å²) < 4.78 is 9.34. The van der Waals surface area contributed by atoms with Gasteiger partial charge in [0.2, 0.25) is 5.91 Å². The quantitative estimate of drug-likeness (QED) is 0.388. The van der Waals surface area contributed by atoms with Crippen LogP contribution in [0.3, 0.4) is 0 Å². The summed E-state index contributed by atoms with van der Waals surface area (Å²) in [7, 11) is 0. The lowest BCUT2D eigenvalue weighted by Crippen LogP contribution is -2.39. The number of hydrogen-bond acceptors (Lipinski definition) is 7. The molecule has 0 fully saturated rings. The highest BCUT2D eigenvalue weighted by atomic mass is 16.5. The second kappa shape index (κ2) is 10.6. The zero-order valence-corrected chi connectivity index (χ0v) is 19.4. The number of benzene rings is 1. The molecule has 11 nitrogen and oxygen atoms in total. The molecule has 35 heavy (non-hydrogen) atoms. The third-order valence-corrected chi connectivity index (χ3v) is 5.25. The van der Waals surface area contributed by atoms with Crippen molar-refractivity contribution in [1.82, 2.24) is 34.7 Å². The number of carbonyl (C=O) groups excluding carboxylic acids is 1. The smallest absolute Gasteiger partial charge is 0.267 e. The molecule has 1 amide bonds. The Balaban J connectivity index is 1.41. The number of rotatable bonds is 9. The average Bonchev–Trinajstić information content (AvgIpc) is 3.41. The molecule has 4 rings (SSSR count). The van der Waals surface area contributed by atoms with E-state index in [0.29, 0.717) is 18.1 Å². The van der Waals surface area contributed by atoms with Gasteiger partial charge in [-0.25, -0.2) is 14.0 Å². The van der Waals surface area contributed by atoms with Crippen molar-refractivity contribution in [3.63, 3.8) is 0 Å². The molecule has 11 heteroatoms. The Bertz CT molecular complexity index is 1410. The molecule has 0 saturated carbocycles. The highest BCUT2D eigenvalue weighted by Crippen LogP contribution is 2.19. The maximum atomic E-state index is 12.7. The van der Waals surface area contributed by atoms with Crippen LogP contribution in [-0.2, 0) is 11.3 Å². The van der Waals surface area contributed by atoms with Gasteiger partial charge in [-0.1, -0.05) is 0 Å². The van der Waals surface area contributed by atoms with Crippen molar-refractivity contribution >= 4 is 5.91 Å². The molecule has 1 N–H and O–H groups in total. The van der Waals surface area contributed by atoms with Crippen molar-refractivity contribution in [1.29, 1.82) is 0 Å². The van der Waals surface area contributed by atoms with E-state index >= 15 is 0 Å². The minimum absolute atomic E-state index is 0.149. The number of carbonyl (C=O) groups is 1. The van der Waals surface area contributed by atoms with Crippen LogP contribution in [0.25, 0.3) is 17.1 Å². The maximum absolute atomic E-state index is 12.7. The Labute approximate surface area is 200 Å². The Morgan fingerprint density at radius 1 is 1.03 bits per heavy atom. The first-order valence-electron chi connectivity index (χ1n) is 11.2. The Morgan fingerprint density at radius 2 is 1.80 bits per heavy atom. The van der Waals surface area contributed by atoms with Crippen LogP contribution in [0.5, 0.6) is 5.75 Å². The van der Waals surface area contributed by atoms with E-state index < -0.39 is 17.5 Å². The topological polar surface area (TPSA) is 126 Å². The summed E-state index contributed by atoms with van der Waals surface area (Å²) in [6.07, 6.45) is 3.28. The number of nitrogens with zero attached hydrogens (tertiary/aromatic N) is 6. The molecular weight excluding hydrogens is 450 g/mol. The van der Waals surface area contributed by atoms with Crippen molar-refractivity contribution in [3.05, 3.63) is 87.7 Å². The Hall–Kier alpha value is -4.54. The first kappa shape index (κ1) is 23.6. The molecule has 0 spiro atoms. The molecule has 0 aliphatic heterocycles. The molecular formula is C24H25N7O4. The second-order valence-corrected chi connectivity index (χ2v) is 7.63. The lowest BCUT2D eigenvalue weighted by atomic mass is 10.1. The van der Waals surface area contributed by atoms with Crippen molar-refractivity contribution in [2.24, 2.45) is 0 Å². The number of nitrogens with one attached hydrogen (secondary N) is 1.